The van der Waals surface area contributed by atoms with Crippen molar-refractivity contribution >= 4 is 22.2 Å². The highest BCUT2D eigenvalue weighted by Crippen LogP contribution is 2.33. The van der Waals surface area contributed by atoms with Gasteiger partial charge in [0.1, 0.15) is 18.1 Å². The van der Waals surface area contributed by atoms with Crippen LogP contribution in [0.25, 0.3) is 4.96 Å². The molecule has 24 heavy (non-hydrogen) atoms. The van der Waals surface area contributed by atoms with Crippen molar-refractivity contribution in [2.45, 2.75) is 13.0 Å². The summed E-state index contributed by atoms with van der Waals surface area (Å²) in [5, 5.41) is 11.9. The lowest BCUT2D eigenvalue weighted by Gasteiger charge is -2.28. The second-order valence-corrected chi connectivity index (χ2v) is 6.56. The maximum Gasteiger partial charge on any atom is 0.273 e. The van der Waals surface area contributed by atoms with E-state index in [1.54, 1.807) is 4.90 Å². The first-order valence-electron chi connectivity index (χ1n) is 7.76. The first-order valence-corrected chi connectivity index (χ1v) is 8.64. The van der Waals surface area contributed by atoms with Gasteiger partial charge in [0.15, 0.2) is 4.96 Å². The Hall–Kier alpha value is -2.38. The standard InChI is InChI=1S/C17H17N3O3S/c1-11-15(20-7-9-24-17(20)18-11)16(22)19-6-8-23-14-5-3-2-4-12(14)13(19)10-21/h2-5,7,9,13,21H,6,8,10H2,1H3. The molecule has 0 bridgehead atoms. The number of imidazole rings is 1. The fourth-order valence-electron chi connectivity index (χ4n) is 3.19. The highest BCUT2D eigenvalue weighted by molar-refractivity contribution is 7.15. The zero-order chi connectivity index (χ0) is 16.7. The molecule has 1 unspecified atom stereocenters. The van der Waals surface area contributed by atoms with E-state index in [0.29, 0.717) is 24.5 Å². The fourth-order valence-corrected chi connectivity index (χ4v) is 3.95. The van der Waals surface area contributed by atoms with Gasteiger partial charge in [-0.15, -0.1) is 11.3 Å². The monoisotopic (exact) mass is 343 g/mol. The Balaban J connectivity index is 1.78. The minimum atomic E-state index is -0.431. The Kier molecular flexibility index (Phi) is 3.74. The molecule has 6 nitrogen and oxygen atoms in total. The number of carbonyl (C=O) groups is 1. The van der Waals surface area contributed by atoms with Crippen molar-refractivity contribution in [3.8, 4) is 5.75 Å². The second-order valence-electron chi connectivity index (χ2n) is 5.68. The molecule has 1 atom stereocenters. The van der Waals surface area contributed by atoms with Crippen LogP contribution in [0.1, 0.15) is 27.8 Å². The number of thiazole rings is 1. The van der Waals surface area contributed by atoms with Crippen LogP contribution >= 0.6 is 11.3 Å². The molecule has 4 rings (SSSR count). The average molecular weight is 343 g/mol. The van der Waals surface area contributed by atoms with Gasteiger partial charge in [-0.25, -0.2) is 4.98 Å². The molecule has 0 radical (unpaired) electrons. The van der Waals surface area contributed by atoms with Crippen LogP contribution in [-0.4, -0.2) is 45.1 Å². The van der Waals surface area contributed by atoms with Crippen LogP contribution < -0.4 is 4.74 Å². The van der Waals surface area contributed by atoms with Gasteiger partial charge in [-0.05, 0) is 13.0 Å². The van der Waals surface area contributed by atoms with Gasteiger partial charge in [-0.2, -0.15) is 0 Å². The Bertz CT molecular complexity index is 902. The number of aromatic nitrogens is 2. The van der Waals surface area contributed by atoms with E-state index in [2.05, 4.69) is 4.98 Å². The molecule has 124 valence electrons. The van der Waals surface area contributed by atoms with E-state index in [0.717, 1.165) is 16.3 Å². The number of benzene rings is 1. The van der Waals surface area contributed by atoms with Crippen molar-refractivity contribution in [1.29, 1.82) is 0 Å². The van der Waals surface area contributed by atoms with Crippen molar-refractivity contribution in [2.24, 2.45) is 0 Å². The van der Waals surface area contributed by atoms with Crippen molar-refractivity contribution in [3.05, 3.63) is 52.8 Å². The van der Waals surface area contributed by atoms with Crippen LogP contribution in [0, 0.1) is 6.92 Å². The number of aryl methyl sites for hydroxylation is 1. The van der Waals surface area contributed by atoms with Crippen LogP contribution in [-0.2, 0) is 0 Å². The molecule has 7 heteroatoms. The van der Waals surface area contributed by atoms with Crippen LogP contribution in [0.5, 0.6) is 5.75 Å². The lowest BCUT2D eigenvalue weighted by molar-refractivity contribution is 0.0577. The number of amides is 1. The van der Waals surface area contributed by atoms with Gasteiger partial charge in [-0.3, -0.25) is 9.20 Å². The Labute approximate surface area is 142 Å². The number of hydrogen-bond donors (Lipinski definition) is 1. The smallest absolute Gasteiger partial charge is 0.273 e. The number of aliphatic hydroxyl groups excluding tert-OH is 1. The van der Waals surface area contributed by atoms with Gasteiger partial charge in [-0.1, -0.05) is 18.2 Å². The molecule has 1 N–H and O–H groups in total. The molecule has 1 aromatic carbocycles. The van der Waals surface area contributed by atoms with Crippen molar-refractivity contribution < 1.29 is 14.6 Å². The minimum Gasteiger partial charge on any atom is -0.491 e. The van der Waals surface area contributed by atoms with Gasteiger partial charge in [0.05, 0.1) is 24.9 Å². The summed E-state index contributed by atoms with van der Waals surface area (Å²) in [6, 6.07) is 7.11. The zero-order valence-electron chi connectivity index (χ0n) is 13.2. The summed E-state index contributed by atoms with van der Waals surface area (Å²) >= 11 is 1.49. The van der Waals surface area contributed by atoms with Gasteiger partial charge in [0.25, 0.3) is 5.91 Å². The number of fused-ring (bicyclic) bond motifs is 2. The third kappa shape index (κ3) is 2.28. The first-order chi connectivity index (χ1) is 11.7. The summed E-state index contributed by atoms with van der Waals surface area (Å²) in [7, 11) is 0. The van der Waals surface area contributed by atoms with E-state index in [4.69, 9.17) is 4.74 Å². The Morgan fingerprint density at radius 3 is 3.12 bits per heavy atom. The van der Waals surface area contributed by atoms with Gasteiger partial charge in [0.2, 0.25) is 0 Å². The fraction of sp³-hybridized carbons (Fsp3) is 0.294. The molecule has 3 heterocycles. The highest BCUT2D eigenvalue weighted by atomic mass is 32.1. The van der Waals surface area contributed by atoms with E-state index >= 15 is 0 Å². The summed E-state index contributed by atoms with van der Waals surface area (Å²) in [4.78, 5) is 20.2. The van der Waals surface area contributed by atoms with Crippen molar-refractivity contribution in [3.63, 3.8) is 0 Å². The summed E-state index contributed by atoms with van der Waals surface area (Å²) in [5.41, 5.74) is 2.07. The molecule has 0 fully saturated rings. The highest BCUT2D eigenvalue weighted by Gasteiger charge is 2.32. The zero-order valence-corrected chi connectivity index (χ0v) is 14.0. The average Bonchev–Trinajstić information content (AvgIpc) is 3.08. The van der Waals surface area contributed by atoms with E-state index in [1.807, 2.05) is 47.2 Å². The normalized spacial score (nSPS) is 17.4. The van der Waals surface area contributed by atoms with Crippen molar-refractivity contribution in [2.75, 3.05) is 19.8 Å². The van der Waals surface area contributed by atoms with Crippen LogP contribution in [0.15, 0.2) is 35.8 Å². The number of ether oxygens (including phenoxy) is 1. The summed E-state index contributed by atoms with van der Waals surface area (Å²) in [6.45, 7) is 2.49. The predicted octanol–water partition coefficient (Wildman–Crippen LogP) is 2.27. The summed E-state index contributed by atoms with van der Waals surface area (Å²) < 4.78 is 7.57. The van der Waals surface area contributed by atoms with Crippen LogP contribution in [0.2, 0.25) is 0 Å². The van der Waals surface area contributed by atoms with Crippen molar-refractivity contribution in [1.82, 2.24) is 14.3 Å². The molecular formula is C17H17N3O3S. The molecule has 1 amide bonds. The maximum atomic E-state index is 13.2. The van der Waals surface area contributed by atoms with Gasteiger partial charge >= 0.3 is 0 Å². The Morgan fingerprint density at radius 2 is 2.29 bits per heavy atom. The molecule has 3 aromatic rings. The molecular weight excluding hydrogens is 326 g/mol. The molecule has 1 aliphatic heterocycles. The lowest BCUT2D eigenvalue weighted by Crippen LogP contribution is -2.38. The van der Waals surface area contributed by atoms with E-state index < -0.39 is 6.04 Å². The van der Waals surface area contributed by atoms with E-state index in [9.17, 15) is 9.90 Å². The minimum absolute atomic E-state index is 0.141. The number of rotatable bonds is 2. The summed E-state index contributed by atoms with van der Waals surface area (Å²) in [5.74, 6) is 0.579. The molecule has 1 aliphatic rings. The first kappa shape index (κ1) is 15.2. The largest absolute Gasteiger partial charge is 0.491 e. The van der Waals surface area contributed by atoms with E-state index in [-0.39, 0.29) is 12.5 Å². The third-order valence-electron chi connectivity index (χ3n) is 4.32. The van der Waals surface area contributed by atoms with E-state index in [1.165, 1.54) is 11.3 Å². The number of nitrogens with zero attached hydrogens (tertiary/aromatic N) is 3. The molecule has 0 saturated heterocycles. The molecule has 2 aromatic heterocycles. The summed E-state index contributed by atoms with van der Waals surface area (Å²) in [6.07, 6.45) is 1.85. The SMILES string of the molecule is Cc1nc2sccn2c1C(=O)N1CCOc2ccccc2C1CO. The molecule has 0 aliphatic carbocycles. The number of carbonyl (C=O) groups excluding carboxylic acids is 1. The number of para-hydroxylation sites is 1. The molecule has 0 saturated carbocycles. The quantitative estimate of drug-likeness (QED) is 0.775. The predicted molar refractivity (Wildman–Crippen MR) is 90.6 cm³/mol. The Morgan fingerprint density at radius 1 is 1.46 bits per heavy atom. The number of hydrogen-bond acceptors (Lipinski definition) is 5. The van der Waals surface area contributed by atoms with Crippen LogP contribution in [0.3, 0.4) is 0 Å². The second kappa shape index (κ2) is 5.92. The van der Waals surface area contributed by atoms with Crippen LogP contribution in [0.4, 0.5) is 0 Å². The van der Waals surface area contributed by atoms with Gasteiger partial charge in [0, 0.05) is 17.1 Å². The third-order valence-corrected chi connectivity index (χ3v) is 5.07. The number of aliphatic hydroxyl groups is 1. The maximum absolute atomic E-state index is 13.2. The molecule has 0 spiro atoms. The topological polar surface area (TPSA) is 67.1 Å². The lowest BCUT2D eigenvalue weighted by atomic mass is 10.0. The van der Waals surface area contributed by atoms with Gasteiger partial charge < -0.3 is 14.7 Å².